The number of nitrogens with zero attached hydrogens (tertiary/aromatic N) is 8. The number of alkyl halides is 4. The van der Waals surface area contributed by atoms with Crippen LogP contribution in [-0.4, -0.2) is 88.3 Å². The Balaban J connectivity index is 1.49. The van der Waals surface area contributed by atoms with E-state index in [1.54, 1.807) is 6.92 Å². The van der Waals surface area contributed by atoms with Gasteiger partial charge in [0, 0.05) is 42.7 Å². The predicted octanol–water partition coefficient (Wildman–Crippen LogP) is 2.54. The van der Waals surface area contributed by atoms with E-state index in [0.29, 0.717) is 17.2 Å². The fourth-order valence-electron chi connectivity index (χ4n) is 5.87. The summed E-state index contributed by atoms with van der Waals surface area (Å²) in [5, 5.41) is 16.5. The Morgan fingerprint density at radius 1 is 1.15 bits per heavy atom. The summed E-state index contributed by atoms with van der Waals surface area (Å²) in [5.41, 5.74) is -2.04. The van der Waals surface area contributed by atoms with Crippen molar-refractivity contribution in [1.29, 1.82) is 5.26 Å². The van der Waals surface area contributed by atoms with E-state index in [4.69, 9.17) is 5.26 Å². The van der Waals surface area contributed by atoms with Gasteiger partial charge in [-0.05, 0) is 26.3 Å². The van der Waals surface area contributed by atoms with Gasteiger partial charge < -0.3 is 14.7 Å². The summed E-state index contributed by atoms with van der Waals surface area (Å²) in [6.45, 7) is 6.66. The molecule has 2 fully saturated rings. The summed E-state index contributed by atoms with van der Waals surface area (Å²) >= 11 is 0. The molecule has 1 amide bonds. The van der Waals surface area contributed by atoms with Gasteiger partial charge >= 0.3 is 6.18 Å². The van der Waals surface area contributed by atoms with Crippen molar-refractivity contribution >= 4 is 33.2 Å². The van der Waals surface area contributed by atoms with Crippen LogP contribution in [0.5, 0.6) is 0 Å². The molecule has 3 aliphatic rings. The number of hydrogen-bond acceptors (Lipinski definition) is 10. The Hall–Kier alpha value is -3.61. The fraction of sp³-hybridized carbons (Fsp3) is 0.600. The van der Waals surface area contributed by atoms with Crippen LogP contribution >= 0.6 is 0 Å². The molecule has 0 spiro atoms. The average Bonchev–Trinajstić information content (AvgIpc) is 3.19. The zero-order chi connectivity index (χ0) is 30.1. The van der Waals surface area contributed by atoms with Crippen molar-refractivity contribution in [3.63, 3.8) is 0 Å². The quantitative estimate of drug-likeness (QED) is 0.485. The molecule has 1 unspecified atom stereocenters. The number of carbonyl (C=O) groups is 1. The Bertz CT molecular complexity index is 1560. The van der Waals surface area contributed by atoms with Gasteiger partial charge in [-0.15, -0.1) is 10.2 Å². The predicted molar refractivity (Wildman–Crippen MR) is 139 cm³/mol. The lowest BCUT2D eigenvalue weighted by Gasteiger charge is -2.49. The first-order valence-corrected chi connectivity index (χ1v) is 14.6. The molecular weight excluding hydrogens is 568 g/mol. The molecule has 41 heavy (non-hydrogen) atoms. The number of aromatic nitrogens is 4. The van der Waals surface area contributed by atoms with E-state index in [1.807, 2.05) is 25.7 Å². The van der Waals surface area contributed by atoms with Gasteiger partial charge in [0.25, 0.3) is 0 Å². The van der Waals surface area contributed by atoms with E-state index < -0.39 is 56.1 Å². The van der Waals surface area contributed by atoms with Crippen LogP contribution in [0, 0.1) is 11.3 Å². The number of hydrogen-bond donors (Lipinski definition) is 0. The molecule has 0 N–H and O–H groups in total. The van der Waals surface area contributed by atoms with Crippen molar-refractivity contribution in [2.75, 3.05) is 41.9 Å². The van der Waals surface area contributed by atoms with Crippen LogP contribution in [0.25, 0.3) is 0 Å². The molecule has 0 saturated carbocycles. The largest absolute Gasteiger partial charge is 0.419 e. The minimum absolute atomic E-state index is 0.0519. The number of rotatable bonds is 4. The minimum Gasteiger partial charge on any atom is -0.350 e. The number of carbonyl (C=O) groups excluding carboxylic acids is 1. The van der Waals surface area contributed by atoms with Gasteiger partial charge in [-0.1, -0.05) is 13.8 Å². The topological polar surface area (TPSA) is 136 Å². The van der Waals surface area contributed by atoms with Crippen molar-refractivity contribution in [3.8, 4) is 6.07 Å². The molecule has 0 radical (unpaired) electrons. The van der Waals surface area contributed by atoms with E-state index in [2.05, 4.69) is 20.2 Å². The number of sulfone groups is 1. The maximum Gasteiger partial charge on any atom is 0.419 e. The molecule has 2 saturated heterocycles. The molecule has 5 heterocycles. The lowest BCUT2D eigenvalue weighted by atomic mass is 9.87. The molecule has 5 rings (SSSR count). The third kappa shape index (κ3) is 4.36. The van der Waals surface area contributed by atoms with E-state index in [-0.39, 0.29) is 43.7 Å². The molecule has 0 bridgehead atoms. The van der Waals surface area contributed by atoms with Gasteiger partial charge in [0.2, 0.25) is 5.91 Å². The monoisotopic (exact) mass is 596 g/mol. The molecule has 0 aliphatic carbocycles. The molecule has 2 aromatic rings. The first kappa shape index (κ1) is 28.9. The summed E-state index contributed by atoms with van der Waals surface area (Å²) in [5.74, 6) is -0.225. The Morgan fingerprint density at radius 2 is 1.83 bits per heavy atom. The van der Waals surface area contributed by atoms with Crippen LogP contribution in [0.2, 0.25) is 0 Å². The fourth-order valence-corrected chi connectivity index (χ4v) is 7.45. The summed E-state index contributed by atoms with van der Waals surface area (Å²) in [7, 11) is -3.87. The molecule has 0 aromatic carbocycles. The molecule has 2 aromatic heterocycles. The Labute approximate surface area is 234 Å². The van der Waals surface area contributed by atoms with E-state index >= 15 is 0 Å². The highest BCUT2D eigenvalue weighted by molar-refractivity contribution is 7.95. The number of piperazine rings is 1. The second-order valence-corrected chi connectivity index (χ2v) is 13.9. The van der Waals surface area contributed by atoms with Crippen molar-refractivity contribution in [2.45, 2.75) is 62.5 Å². The number of amides is 1. The summed E-state index contributed by atoms with van der Waals surface area (Å²) < 4.78 is 77.6. The van der Waals surface area contributed by atoms with Crippen LogP contribution in [-0.2, 0) is 26.2 Å². The lowest BCUT2D eigenvalue weighted by Crippen LogP contribution is -2.68. The molecule has 3 aliphatic heterocycles. The first-order valence-electron chi connectivity index (χ1n) is 12.9. The summed E-state index contributed by atoms with van der Waals surface area (Å²) in [6.07, 6.45) is -3.57. The maximum absolute atomic E-state index is 14.0. The van der Waals surface area contributed by atoms with Crippen LogP contribution in [0.3, 0.4) is 0 Å². The van der Waals surface area contributed by atoms with Crippen LogP contribution < -0.4 is 9.80 Å². The maximum atomic E-state index is 14.0. The van der Waals surface area contributed by atoms with E-state index in [1.165, 1.54) is 22.2 Å². The van der Waals surface area contributed by atoms with Gasteiger partial charge in [-0.25, -0.2) is 22.8 Å². The van der Waals surface area contributed by atoms with Crippen LogP contribution in [0.1, 0.15) is 50.9 Å². The summed E-state index contributed by atoms with van der Waals surface area (Å²) in [6, 6.07) is 1.37. The van der Waals surface area contributed by atoms with Gasteiger partial charge in [0.1, 0.15) is 30.7 Å². The van der Waals surface area contributed by atoms with Crippen molar-refractivity contribution in [3.05, 3.63) is 29.2 Å². The smallest absolute Gasteiger partial charge is 0.350 e. The summed E-state index contributed by atoms with van der Waals surface area (Å²) in [4.78, 5) is 27.1. The number of fused-ring (bicyclic) bond motifs is 1. The zero-order valence-electron chi connectivity index (χ0n) is 22.8. The number of halogens is 4. The Morgan fingerprint density at radius 3 is 2.39 bits per heavy atom. The van der Waals surface area contributed by atoms with Crippen LogP contribution in [0.15, 0.2) is 12.4 Å². The van der Waals surface area contributed by atoms with Gasteiger partial charge in [-0.2, -0.15) is 18.4 Å². The molecule has 3 atom stereocenters. The molecule has 11 nitrogen and oxygen atoms in total. The molecule has 16 heteroatoms. The zero-order valence-corrected chi connectivity index (χ0v) is 23.6. The van der Waals surface area contributed by atoms with Gasteiger partial charge in [-0.3, -0.25) is 4.79 Å². The third-order valence-electron chi connectivity index (χ3n) is 8.26. The number of nitriles is 1. The van der Waals surface area contributed by atoms with E-state index in [9.17, 15) is 30.8 Å². The standard InChI is InChI=1S/C25H28F4N8O3S/c1-14-10-36(22(38)24(11-26)5-6-41(24,39)40)15(2)9-35(14)20-19-21(32-13-31-20)37(12-23(19,3)4)18-7-16(25(27,28)29)17(8-30)33-34-18/h7,13-15H,5-6,9-12H2,1-4H3/t14-,15+,24?/m0/s1. The van der Waals surface area contributed by atoms with Gasteiger partial charge in [0.15, 0.2) is 26.1 Å². The molecular formula is C25H28F4N8O3S. The molecule has 220 valence electrons. The first-order chi connectivity index (χ1) is 19.1. The van der Waals surface area contributed by atoms with Crippen molar-refractivity contribution in [1.82, 2.24) is 25.1 Å². The highest BCUT2D eigenvalue weighted by atomic mass is 32.2. The Kier molecular flexibility index (Phi) is 6.67. The average molecular weight is 597 g/mol. The second-order valence-electron chi connectivity index (χ2n) is 11.4. The van der Waals surface area contributed by atoms with E-state index in [0.717, 1.165) is 6.07 Å². The highest BCUT2D eigenvalue weighted by Crippen LogP contribution is 2.48. The lowest BCUT2D eigenvalue weighted by molar-refractivity contribution is -0.139. The SMILES string of the molecule is C[C@@H]1CN(c2ncnc3c2C(C)(C)CN3c2cc(C(F)(F)F)c(C#N)nn2)[C@@H](C)CN1C(=O)C1(CF)CCS1(=O)=O. The third-order valence-corrected chi connectivity index (χ3v) is 10.7. The minimum atomic E-state index is -4.81. The highest BCUT2D eigenvalue weighted by Gasteiger charge is 2.60. The normalized spacial score (nSPS) is 26.8. The number of anilines is 3. The second kappa shape index (κ2) is 9.47. The van der Waals surface area contributed by atoms with Gasteiger partial charge in [0.05, 0.1) is 11.3 Å². The van der Waals surface area contributed by atoms with Crippen molar-refractivity contribution in [2.24, 2.45) is 0 Å². The van der Waals surface area contributed by atoms with Crippen LogP contribution in [0.4, 0.5) is 35.0 Å². The van der Waals surface area contributed by atoms with Crippen molar-refractivity contribution < 1.29 is 30.8 Å².